The second kappa shape index (κ2) is 10.6. The summed E-state index contributed by atoms with van der Waals surface area (Å²) in [6.45, 7) is 0. The van der Waals surface area contributed by atoms with E-state index >= 15 is 0 Å². The molecule has 26 heavy (non-hydrogen) atoms. The van der Waals surface area contributed by atoms with Crippen LogP contribution in [-0.2, 0) is 0 Å². The van der Waals surface area contributed by atoms with Gasteiger partial charge in [0.05, 0.1) is 36.4 Å². The van der Waals surface area contributed by atoms with Crippen molar-refractivity contribution in [3.63, 3.8) is 0 Å². The van der Waals surface area contributed by atoms with Crippen molar-refractivity contribution in [3.05, 3.63) is 54.4 Å². The molecule has 0 bridgehead atoms. The first-order chi connectivity index (χ1) is 12.7. The van der Waals surface area contributed by atoms with E-state index in [-0.39, 0.29) is 12.0 Å². The lowest BCUT2D eigenvalue weighted by Crippen LogP contribution is -2.37. The van der Waals surface area contributed by atoms with Gasteiger partial charge >= 0.3 is 0 Å². The van der Waals surface area contributed by atoms with Crippen LogP contribution in [0.15, 0.2) is 51.7 Å². The van der Waals surface area contributed by atoms with Crippen molar-refractivity contribution >= 4 is 11.9 Å². The lowest BCUT2D eigenvalue weighted by Gasteiger charge is -2.24. The molecule has 0 spiro atoms. The Morgan fingerprint density at radius 1 is 1.23 bits per heavy atom. The third-order valence-electron chi connectivity index (χ3n) is 4.12. The van der Waals surface area contributed by atoms with Crippen molar-refractivity contribution in [2.24, 2.45) is 0 Å². The van der Waals surface area contributed by atoms with Gasteiger partial charge < -0.3 is 14.2 Å². The Kier molecular flexibility index (Phi) is 7.76. The van der Waals surface area contributed by atoms with Gasteiger partial charge in [0.2, 0.25) is 0 Å². The van der Waals surface area contributed by atoms with Gasteiger partial charge in [-0.05, 0) is 43.2 Å². The molecule has 2 N–H and O–H groups in total. The van der Waals surface area contributed by atoms with Crippen LogP contribution >= 0.6 is 0 Å². The molecular formula is C20H22N4O2. The summed E-state index contributed by atoms with van der Waals surface area (Å²) >= 11 is 0. The molecule has 0 aromatic carbocycles. The standard InChI is InChI=1S/C13H17N3O.C7H5NO/c14-8-7-10(12-5-3-9-17-12)11-4-1-2-6-13(15)16-11;8-5-1-3-7-4-2-6-9-7/h3,5,9-11H,1-2,4,6-7H2,(H2,15,16);1-4,6H/b;3-1+. The van der Waals surface area contributed by atoms with E-state index in [1.807, 2.05) is 18.2 Å². The number of rotatable bonds is 4. The molecule has 0 aliphatic carbocycles. The second-order valence-electron chi connectivity index (χ2n) is 5.94. The molecule has 2 atom stereocenters. The third-order valence-corrected chi connectivity index (χ3v) is 4.12. The van der Waals surface area contributed by atoms with Crippen molar-refractivity contribution in [3.8, 4) is 12.1 Å². The highest BCUT2D eigenvalue weighted by molar-refractivity contribution is 5.79. The van der Waals surface area contributed by atoms with Gasteiger partial charge in [-0.3, -0.25) is 5.41 Å². The summed E-state index contributed by atoms with van der Waals surface area (Å²) in [6, 6.07) is 11.6. The normalized spacial score (nSPS) is 17.9. The summed E-state index contributed by atoms with van der Waals surface area (Å²) in [4.78, 5) is 0. The Labute approximate surface area is 153 Å². The maximum Gasteiger partial charge on any atom is 0.127 e. The number of nitrogens with one attached hydrogen (secondary N) is 2. The van der Waals surface area contributed by atoms with Crippen molar-refractivity contribution in [1.29, 1.82) is 15.9 Å². The van der Waals surface area contributed by atoms with Crippen molar-refractivity contribution < 1.29 is 8.83 Å². The Bertz CT molecular complexity index is 764. The molecule has 0 radical (unpaired) electrons. The van der Waals surface area contributed by atoms with Crippen molar-refractivity contribution in [2.45, 2.75) is 44.1 Å². The number of hydrogen-bond donors (Lipinski definition) is 2. The largest absolute Gasteiger partial charge is 0.469 e. The Morgan fingerprint density at radius 3 is 2.69 bits per heavy atom. The van der Waals surface area contributed by atoms with Gasteiger partial charge in [-0.15, -0.1) is 0 Å². The number of furan rings is 2. The zero-order valence-electron chi connectivity index (χ0n) is 14.5. The SMILES string of the molecule is N#C/C=C/c1ccco1.N#CCC(c1ccco1)C1CCCCC(=N)N1. The molecule has 0 saturated carbocycles. The van der Waals surface area contributed by atoms with Gasteiger partial charge in [0.15, 0.2) is 0 Å². The minimum absolute atomic E-state index is 0.0495. The Balaban J connectivity index is 0.000000228. The van der Waals surface area contributed by atoms with E-state index in [4.69, 9.17) is 24.8 Å². The fourth-order valence-corrected chi connectivity index (χ4v) is 2.88. The molecule has 1 aliphatic rings. The zero-order chi connectivity index (χ0) is 18.6. The highest BCUT2D eigenvalue weighted by Crippen LogP contribution is 2.28. The molecule has 3 rings (SSSR count). The number of hydrogen-bond acceptors (Lipinski definition) is 5. The number of amidine groups is 1. The van der Waals surface area contributed by atoms with Crippen molar-refractivity contribution in [1.82, 2.24) is 5.32 Å². The fourth-order valence-electron chi connectivity index (χ4n) is 2.88. The van der Waals surface area contributed by atoms with Gasteiger partial charge in [-0.1, -0.05) is 6.42 Å². The predicted octanol–water partition coefficient (Wildman–Crippen LogP) is 4.60. The van der Waals surface area contributed by atoms with Crippen LogP contribution in [0.5, 0.6) is 0 Å². The van der Waals surface area contributed by atoms with Crippen LogP contribution in [0.3, 0.4) is 0 Å². The third kappa shape index (κ3) is 5.99. The molecule has 1 aliphatic heterocycles. The maximum atomic E-state index is 8.93. The minimum Gasteiger partial charge on any atom is -0.469 e. The molecule has 1 saturated heterocycles. The first kappa shape index (κ1) is 19.1. The summed E-state index contributed by atoms with van der Waals surface area (Å²) in [5.74, 6) is 2.19. The van der Waals surface area contributed by atoms with Gasteiger partial charge in [0.1, 0.15) is 11.5 Å². The zero-order valence-corrected chi connectivity index (χ0v) is 14.5. The summed E-state index contributed by atoms with van der Waals surface area (Å²) in [7, 11) is 0. The molecule has 2 aromatic heterocycles. The highest BCUT2D eigenvalue weighted by Gasteiger charge is 2.27. The molecule has 2 unspecified atom stereocenters. The predicted molar refractivity (Wildman–Crippen MR) is 98.2 cm³/mol. The van der Waals surface area contributed by atoms with E-state index in [9.17, 15) is 0 Å². The lowest BCUT2D eigenvalue weighted by molar-refractivity contribution is 0.386. The van der Waals surface area contributed by atoms with E-state index in [0.29, 0.717) is 18.0 Å². The molecule has 2 aromatic rings. The van der Waals surface area contributed by atoms with E-state index in [0.717, 1.165) is 31.4 Å². The van der Waals surface area contributed by atoms with Gasteiger partial charge in [0.25, 0.3) is 0 Å². The van der Waals surface area contributed by atoms with Crippen LogP contribution in [0.4, 0.5) is 0 Å². The minimum atomic E-state index is 0.0495. The average molecular weight is 350 g/mol. The van der Waals surface area contributed by atoms with E-state index < -0.39 is 0 Å². The smallest absolute Gasteiger partial charge is 0.127 e. The maximum absolute atomic E-state index is 8.93. The second-order valence-corrected chi connectivity index (χ2v) is 5.94. The van der Waals surface area contributed by atoms with Crippen LogP contribution < -0.4 is 5.32 Å². The van der Waals surface area contributed by atoms with Crippen LogP contribution in [-0.4, -0.2) is 11.9 Å². The van der Waals surface area contributed by atoms with Crippen LogP contribution in [0.25, 0.3) is 6.08 Å². The number of nitriles is 2. The molecule has 6 nitrogen and oxygen atoms in total. The van der Waals surface area contributed by atoms with E-state index in [1.54, 1.807) is 30.7 Å². The quantitative estimate of drug-likeness (QED) is 0.783. The molecule has 134 valence electrons. The Morgan fingerprint density at radius 2 is 2.04 bits per heavy atom. The van der Waals surface area contributed by atoms with Crippen LogP contribution in [0.1, 0.15) is 49.5 Å². The summed E-state index contributed by atoms with van der Waals surface area (Å²) in [6.07, 6.45) is 10.6. The number of nitrogens with zero attached hydrogens (tertiary/aromatic N) is 2. The van der Waals surface area contributed by atoms with Gasteiger partial charge in [-0.2, -0.15) is 10.5 Å². The topological polar surface area (TPSA) is 110 Å². The van der Waals surface area contributed by atoms with Gasteiger partial charge in [0, 0.05) is 25.0 Å². The molecule has 1 fully saturated rings. The monoisotopic (exact) mass is 350 g/mol. The summed E-state index contributed by atoms with van der Waals surface area (Å²) in [5, 5.41) is 28.0. The first-order valence-electron chi connectivity index (χ1n) is 8.58. The molecule has 3 heterocycles. The highest BCUT2D eigenvalue weighted by atomic mass is 16.3. The average Bonchev–Trinajstić information content (AvgIpc) is 3.31. The van der Waals surface area contributed by atoms with E-state index in [1.165, 1.54) is 6.08 Å². The molecule has 0 amide bonds. The van der Waals surface area contributed by atoms with Crippen LogP contribution in [0.2, 0.25) is 0 Å². The molecule has 6 heteroatoms. The van der Waals surface area contributed by atoms with Gasteiger partial charge in [-0.25, -0.2) is 0 Å². The Hall–Kier alpha value is -3.25. The lowest BCUT2D eigenvalue weighted by atomic mass is 9.91. The summed E-state index contributed by atoms with van der Waals surface area (Å²) in [5.41, 5.74) is 0. The fraction of sp³-hybridized carbons (Fsp3) is 0.350. The first-order valence-corrected chi connectivity index (χ1v) is 8.58. The number of allylic oxidation sites excluding steroid dienone is 1. The van der Waals surface area contributed by atoms with Crippen molar-refractivity contribution in [2.75, 3.05) is 0 Å². The summed E-state index contributed by atoms with van der Waals surface area (Å²) < 4.78 is 10.3. The van der Waals surface area contributed by atoms with Crippen LogP contribution in [0, 0.1) is 28.1 Å². The molecular weight excluding hydrogens is 328 g/mol. The van der Waals surface area contributed by atoms with E-state index in [2.05, 4.69) is 11.4 Å².